The smallest absolute Gasteiger partial charge is 0.225 e. The van der Waals surface area contributed by atoms with Gasteiger partial charge in [0.2, 0.25) is 5.95 Å². The number of anilines is 2. The van der Waals surface area contributed by atoms with E-state index in [-0.39, 0.29) is 12.6 Å². The van der Waals surface area contributed by atoms with E-state index >= 15 is 0 Å². The molecule has 1 aliphatic carbocycles. The number of nitrogens with zero attached hydrogens (tertiary/aromatic N) is 3. The van der Waals surface area contributed by atoms with Crippen molar-refractivity contribution < 1.29 is 14.6 Å². The molecule has 2 aromatic heterocycles. The van der Waals surface area contributed by atoms with Crippen LogP contribution in [-0.2, 0) is 6.54 Å². The summed E-state index contributed by atoms with van der Waals surface area (Å²) in [5.74, 6) is 3.27. The SMILES string of the molecule is COc1ccc(CNc2nc(NC(CO)CC3CC3)c3ncccc3n2)c(OC)c1. The summed E-state index contributed by atoms with van der Waals surface area (Å²) in [6.07, 6.45) is 5.12. The predicted molar refractivity (Wildman–Crippen MR) is 116 cm³/mol. The second kappa shape index (κ2) is 9.13. The van der Waals surface area contributed by atoms with Gasteiger partial charge in [-0.25, -0.2) is 4.98 Å². The van der Waals surface area contributed by atoms with Crippen LogP contribution in [0.5, 0.6) is 11.5 Å². The van der Waals surface area contributed by atoms with Crippen LogP contribution in [0.3, 0.4) is 0 Å². The van der Waals surface area contributed by atoms with Crippen LogP contribution in [0.4, 0.5) is 11.8 Å². The molecule has 3 aromatic rings. The lowest BCUT2D eigenvalue weighted by molar-refractivity contribution is 0.265. The molecular formula is C22H27N5O3. The molecule has 2 heterocycles. The molecule has 0 spiro atoms. The minimum absolute atomic E-state index is 0.0489. The van der Waals surface area contributed by atoms with Crippen LogP contribution in [0, 0.1) is 5.92 Å². The van der Waals surface area contributed by atoms with Crippen molar-refractivity contribution in [2.75, 3.05) is 31.5 Å². The van der Waals surface area contributed by atoms with Gasteiger partial charge in [-0.15, -0.1) is 0 Å². The van der Waals surface area contributed by atoms with E-state index in [0.717, 1.165) is 29.0 Å². The first-order valence-corrected chi connectivity index (χ1v) is 10.1. The first-order chi connectivity index (χ1) is 14.7. The van der Waals surface area contributed by atoms with Gasteiger partial charge < -0.3 is 25.2 Å². The maximum Gasteiger partial charge on any atom is 0.225 e. The zero-order valence-electron chi connectivity index (χ0n) is 17.3. The highest BCUT2D eigenvalue weighted by molar-refractivity contribution is 5.86. The standard InChI is InChI=1S/C22H27N5O3/c1-29-17-8-7-15(19(11-17)30-2)12-24-22-26-18-4-3-9-23-20(18)21(27-22)25-16(13-28)10-14-5-6-14/h3-4,7-9,11,14,16,28H,5-6,10,12-13H2,1-2H3,(H2,24,25,26,27). The molecule has 8 heteroatoms. The van der Waals surface area contributed by atoms with Gasteiger partial charge in [-0.2, -0.15) is 4.98 Å². The Morgan fingerprint density at radius 2 is 2.03 bits per heavy atom. The molecule has 8 nitrogen and oxygen atoms in total. The van der Waals surface area contributed by atoms with Crippen LogP contribution in [0.25, 0.3) is 11.0 Å². The van der Waals surface area contributed by atoms with E-state index in [1.54, 1.807) is 20.4 Å². The highest BCUT2D eigenvalue weighted by atomic mass is 16.5. The van der Waals surface area contributed by atoms with Gasteiger partial charge in [-0.3, -0.25) is 4.98 Å². The predicted octanol–water partition coefficient (Wildman–Crippen LogP) is 3.23. The van der Waals surface area contributed by atoms with E-state index in [9.17, 15) is 5.11 Å². The maximum absolute atomic E-state index is 9.79. The molecule has 1 atom stereocenters. The Kier molecular flexibility index (Phi) is 6.13. The van der Waals surface area contributed by atoms with Crippen LogP contribution in [0.1, 0.15) is 24.8 Å². The van der Waals surface area contributed by atoms with Gasteiger partial charge in [0, 0.05) is 24.4 Å². The molecular weight excluding hydrogens is 382 g/mol. The van der Waals surface area contributed by atoms with Crippen LogP contribution < -0.4 is 20.1 Å². The highest BCUT2D eigenvalue weighted by Gasteiger charge is 2.26. The van der Waals surface area contributed by atoms with Crippen LogP contribution in [-0.4, -0.2) is 46.9 Å². The molecule has 1 aliphatic rings. The monoisotopic (exact) mass is 409 g/mol. The molecule has 30 heavy (non-hydrogen) atoms. The number of rotatable bonds is 10. The van der Waals surface area contributed by atoms with Gasteiger partial charge in [-0.05, 0) is 36.6 Å². The number of fused-ring (bicyclic) bond motifs is 1. The summed E-state index contributed by atoms with van der Waals surface area (Å²) >= 11 is 0. The minimum atomic E-state index is -0.0489. The topological polar surface area (TPSA) is 101 Å². The lowest BCUT2D eigenvalue weighted by Gasteiger charge is -2.18. The lowest BCUT2D eigenvalue weighted by atomic mass is 10.1. The van der Waals surface area contributed by atoms with Crippen molar-refractivity contribution in [3.8, 4) is 11.5 Å². The first-order valence-electron chi connectivity index (χ1n) is 10.1. The fourth-order valence-corrected chi connectivity index (χ4v) is 3.45. The summed E-state index contributed by atoms with van der Waals surface area (Å²) in [4.78, 5) is 13.7. The Morgan fingerprint density at radius 1 is 1.17 bits per heavy atom. The summed E-state index contributed by atoms with van der Waals surface area (Å²) in [6, 6.07) is 9.39. The van der Waals surface area contributed by atoms with Crippen molar-refractivity contribution in [3.63, 3.8) is 0 Å². The molecule has 1 saturated carbocycles. The number of hydrogen-bond donors (Lipinski definition) is 3. The van der Waals surface area contributed by atoms with Crippen molar-refractivity contribution in [1.29, 1.82) is 0 Å². The summed E-state index contributed by atoms with van der Waals surface area (Å²) < 4.78 is 10.7. The summed E-state index contributed by atoms with van der Waals surface area (Å²) in [5, 5.41) is 16.4. The number of ether oxygens (including phenoxy) is 2. The van der Waals surface area contributed by atoms with E-state index in [4.69, 9.17) is 9.47 Å². The third-order valence-corrected chi connectivity index (χ3v) is 5.26. The van der Waals surface area contributed by atoms with Crippen molar-refractivity contribution in [2.24, 2.45) is 5.92 Å². The van der Waals surface area contributed by atoms with Crippen molar-refractivity contribution in [2.45, 2.75) is 31.8 Å². The molecule has 0 bridgehead atoms. The largest absolute Gasteiger partial charge is 0.497 e. The fourth-order valence-electron chi connectivity index (χ4n) is 3.45. The molecule has 0 saturated heterocycles. The van der Waals surface area contributed by atoms with Gasteiger partial charge in [0.05, 0.1) is 32.4 Å². The molecule has 1 unspecified atom stereocenters. The molecule has 4 rings (SSSR count). The zero-order valence-corrected chi connectivity index (χ0v) is 17.3. The zero-order chi connectivity index (χ0) is 20.9. The Labute approximate surface area is 175 Å². The van der Waals surface area contributed by atoms with Gasteiger partial charge in [0.15, 0.2) is 5.82 Å². The molecule has 1 fully saturated rings. The molecule has 0 amide bonds. The van der Waals surface area contributed by atoms with E-state index in [1.807, 2.05) is 30.3 Å². The number of pyridine rings is 1. The fraction of sp³-hybridized carbons (Fsp3) is 0.409. The second-order valence-electron chi connectivity index (χ2n) is 7.50. The third-order valence-electron chi connectivity index (χ3n) is 5.26. The van der Waals surface area contributed by atoms with Crippen molar-refractivity contribution >= 4 is 22.8 Å². The van der Waals surface area contributed by atoms with Gasteiger partial charge in [0.25, 0.3) is 0 Å². The summed E-state index contributed by atoms with van der Waals surface area (Å²) in [6.45, 7) is 0.546. The van der Waals surface area contributed by atoms with Gasteiger partial charge >= 0.3 is 0 Å². The van der Waals surface area contributed by atoms with E-state index in [2.05, 4.69) is 25.6 Å². The number of methoxy groups -OCH3 is 2. The van der Waals surface area contributed by atoms with Crippen LogP contribution in [0.2, 0.25) is 0 Å². The Balaban J connectivity index is 1.57. The lowest BCUT2D eigenvalue weighted by Crippen LogP contribution is -2.25. The number of aliphatic hydroxyl groups is 1. The quantitative estimate of drug-likeness (QED) is 0.469. The van der Waals surface area contributed by atoms with Crippen LogP contribution in [0.15, 0.2) is 36.5 Å². The number of hydrogen-bond acceptors (Lipinski definition) is 8. The highest BCUT2D eigenvalue weighted by Crippen LogP contribution is 2.34. The Hall–Kier alpha value is -3.13. The molecule has 158 valence electrons. The maximum atomic E-state index is 9.79. The van der Waals surface area contributed by atoms with Gasteiger partial charge in [0.1, 0.15) is 17.0 Å². The normalized spacial score (nSPS) is 14.4. The Morgan fingerprint density at radius 3 is 2.77 bits per heavy atom. The van der Waals surface area contributed by atoms with Crippen LogP contribution >= 0.6 is 0 Å². The second-order valence-corrected chi connectivity index (χ2v) is 7.50. The molecule has 3 N–H and O–H groups in total. The van der Waals surface area contributed by atoms with Crippen molar-refractivity contribution in [1.82, 2.24) is 15.0 Å². The molecule has 0 radical (unpaired) electrons. The average molecular weight is 409 g/mol. The first kappa shape index (κ1) is 20.2. The summed E-state index contributed by atoms with van der Waals surface area (Å²) in [5.41, 5.74) is 2.39. The number of benzene rings is 1. The average Bonchev–Trinajstić information content (AvgIpc) is 3.61. The van der Waals surface area contributed by atoms with E-state index < -0.39 is 0 Å². The molecule has 1 aromatic carbocycles. The summed E-state index contributed by atoms with van der Waals surface area (Å²) in [7, 11) is 3.26. The number of aliphatic hydroxyl groups excluding tert-OH is 1. The van der Waals surface area contributed by atoms with Crippen molar-refractivity contribution in [3.05, 3.63) is 42.1 Å². The number of aromatic nitrogens is 3. The third kappa shape index (κ3) is 4.71. The van der Waals surface area contributed by atoms with Gasteiger partial charge in [-0.1, -0.05) is 12.8 Å². The van der Waals surface area contributed by atoms with E-state index in [1.165, 1.54) is 12.8 Å². The van der Waals surface area contributed by atoms with E-state index in [0.29, 0.717) is 29.7 Å². The molecule has 0 aliphatic heterocycles. The number of nitrogens with one attached hydrogen (secondary N) is 2. The minimum Gasteiger partial charge on any atom is -0.497 e. The Bertz CT molecular complexity index is 1010.